The lowest BCUT2D eigenvalue weighted by Gasteiger charge is -2.29. The third-order valence-corrected chi connectivity index (χ3v) is 11.9. The molecule has 11 atom stereocenters. The van der Waals surface area contributed by atoms with E-state index in [1.807, 2.05) is 6.92 Å². The number of carboxylic acid groups (broad SMARTS) is 1. The molecular formula is C48H80N10O12. The van der Waals surface area contributed by atoms with E-state index in [0.717, 1.165) is 0 Å². The van der Waals surface area contributed by atoms with Crippen molar-refractivity contribution in [3.05, 3.63) is 35.9 Å². The van der Waals surface area contributed by atoms with E-state index >= 15 is 0 Å². The molecule has 9 amide bonds. The van der Waals surface area contributed by atoms with Crippen LogP contribution in [0.15, 0.2) is 30.3 Å². The molecule has 394 valence electrons. The molecule has 0 aliphatic heterocycles. The number of aliphatic carboxylic acids is 1. The van der Waals surface area contributed by atoms with Crippen LogP contribution in [-0.2, 0) is 53.5 Å². The molecule has 0 aliphatic rings. The molecule has 0 spiro atoms. The molecule has 0 aliphatic carbocycles. The lowest BCUT2D eigenvalue weighted by Crippen LogP contribution is -2.61. The quantitative estimate of drug-likeness (QED) is 0.0456. The van der Waals surface area contributed by atoms with Crippen LogP contribution >= 0.6 is 0 Å². The van der Waals surface area contributed by atoms with E-state index in [-0.39, 0.29) is 25.2 Å². The third kappa shape index (κ3) is 20.4. The monoisotopic (exact) mass is 989 g/mol. The second-order valence-corrected chi connectivity index (χ2v) is 18.5. The van der Waals surface area contributed by atoms with Gasteiger partial charge in [0.1, 0.15) is 47.8 Å². The fourth-order valence-electron chi connectivity index (χ4n) is 7.04. The maximum absolute atomic E-state index is 13.8. The number of nitrogens with two attached hydrogens (primary N) is 1. The molecule has 1 aromatic rings. The topological polar surface area (TPSA) is 345 Å². The lowest BCUT2D eigenvalue weighted by atomic mass is 9.91. The molecule has 0 saturated heterocycles. The molecule has 0 fully saturated rings. The van der Waals surface area contributed by atoms with Crippen LogP contribution in [0.1, 0.15) is 127 Å². The summed E-state index contributed by atoms with van der Waals surface area (Å²) in [5.74, 6) is -9.05. The van der Waals surface area contributed by atoms with Crippen molar-refractivity contribution < 1.29 is 58.2 Å². The Morgan fingerprint density at radius 1 is 0.557 bits per heavy atom. The number of aliphatic hydroxyl groups excluding tert-OH is 1. The van der Waals surface area contributed by atoms with Gasteiger partial charge in [-0.1, -0.05) is 111 Å². The Morgan fingerprint density at radius 3 is 1.49 bits per heavy atom. The van der Waals surface area contributed by atoms with E-state index in [1.165, 1.54) is 20.8 Å². The summed E-state index contributed by atoms with van der Waals surface area (Å²) in [4.78, 5) is 131. The highest BCUT2D eigenvalue weighted by molar-refractivity contribution is 5.98. The van der Waals surface area contributed by atoms with Crippen molar-refractivity contribution >= 4 is 59.1 Å². The second-order valence-electron chi connectivity index (χ2n) is 18.5. The number of carbonyl (C=O) groups is 10. The van der Waals surface area contributed by atoms with Gasteiger partial charge in [0.25, 0.3) is 0 Å². The summed E-state index contributed by atoms with van der Waals surface area (Å²) in [6, 6.07) is 0.0983. The number of rotatable bonds is 31. The van der Waals surface area contributed by atoms with Gasteiger partial charge < -0.3 is 63.8 Å². The van der Waals surface area contributed by atoms with Crippen molar-refractivity contribution in [2.75, 3.05) is 13.1 Å². The Labute approximate surface area is 411 Å². The van der Waals surface area contributed by atoms with Gasteiger partial charge in [0, 0.05) is 0 Å². The zero-order valence-electron chi connectivity index (χ0n) is 42.7. The second kappa shape index (κ2) is 30.4. The SMILES string of the molecule is CCC[C@H](NC(=O)[C@@H](NC(=O)[C@H](CC(C)C)NC(=O)[C@@H](NC(=O)CNC(=O)[C@@H](NC(=O)CNC(=O)[C@H](C)NC(=O)[C@@H](CCC)NC(=O)[C@](C)(N)c1ccccc1)[C@@H](C)CC)[C@@H](C)CC)[C@@H](C)O)C(=O)O. The summed E-state index contributed by atoms with van der Waals surface area (Å²) >= 11 is 0. The first-order valence-corrected chi connectivity index (χ1v) is 24.2. The summed E-state index contributed by atoms with van der Waals surface area (Å²) in [6.45, 7) is 17.1. The zero-order chi connectivity index (χ0) is 53.5. The van der Waals surface area contributed by atoms with Crippen LogP contribution in [-0.4, -0.2) is 131 Å². The molecule has 1 rings (SSSR count). The number of carbonyl (C=O) groups excluding carboxylic acids is 9. The average molecular weight is 989 g/mol. The first kappa shape index (κ1) is 61.9. The lowest BCUT2D eigenvalue weighted by molar-refractivity contribution is -0.143. The van der Waals surface area contributed by atoms with Crippen LogP contribution < -0.4 is 53.6 Å². The largest absolute Gasteiger partial charge is 0.480 e. The Morgan fingerprint density at radius 2 is 1.01 bits per heavy atom. The van der Waals surface area contributed by atoms with Crippen molar-refractivity contribution in [3.8, 4) is 0 Å². The molecule has 0 unspecified atom stereocenters. The summed E-state index contributed by atoms with van der Waals surface area (Å²) in [5, 5.41) is 42.6. The Balaban J connectivity index is 2.97. The molecule has 0 bridgehead atoms. The van der Waals surface area contributed by atoms with E-state index in [1.54, 1.807) is 78.8 Å². The number of aliphatic hydroxyl groups is 1. The molecule has 70 heavy (non-hydrogen) atoms. The Bertz CT molecular complexity index is 1930. The molecule has 22 nitrogen and oxygen atoms in total. The van der Waals surface area contributed by atoms with Gasteiger partial charge in [-0.05, 0) is 63.4 Å². The number of hydrogen-bond acceptors (Lipinski definition) is 12. The van der Waals surface area contributed by atoms with Crippen LogP contribution in [0.4, 0.5) is 0 Å². The molecular weight excluding hydrogens is 909 g/mol. The Hall–Kier alpha value is -6.16. The number of hydrogen-bond donors (Lipinski definition) is 12. The van der Waals surface area contributed by atoms with E-state index in [2.05, 4.69) is 47.9 Å². The van der Waals surface area contributed by atoms with Crippen LogP contribution in [0, 0.1) is 17.8 Å². The molecule has 0 saturated carbocycles. The van der Waals surface area contributed by atoms with Gasteiger partial charge in [-0.2, -0.15) is 0 Å². The van der Waals surface area contributed by atoms with E-state index in [9.17, 15) is 58.2 Å². The summed E-state index contributed by atoms with van der Waals surface area (Å²) in [5.41, 5.74) is 5.43. The fourth-order valence-corrected chi connectivity index (χ4v) is 7.04. The Kier molecular flexibility index (Phi) is 26.9. The predicted molar refractivity (Wildman–Crippen MR) is 261 cm³/mol. The number of nitrogens with one attached hydrogen (secondary N) is 9. The van der Waals surface area contributed by atoms with E-state index in [0.29, 0.717) is 31.2 Å². The number of amides is 9. The van der Waals surface area contributed by atoms with Crippen molar-refractivity contribution in [3.63, 3.8) is 0 Å². The van der Waals surface area contributed by atoms with Crippen molar-refractivity contribution in [2.24, 2.45) is 23.5 Å². The van der Waals surface area contributed by atoms with Gasteiger partial charge in [-0.25, -0.2) is 4.79 Å². The highest BCUT2D eigenvalue weighted by Gasteiger charge is 2.36. The van der Waals surface area contributed by atoms with E-state index < -0.39 is 138 Å². The average Bonchev–Trinajstić information content (AvgIpc) is 3.31. The van der Waals surface area contributed by atoms with Crippen LogP contribution in [0.3, 0.4) is 0 Å². The normalized spacial score (nSPS) is 16.3. The summed E-state index contributed by atoms with van der Waals surface area (Å²) in [6.07, 6.45) is 0.806. The molecule has 0 heterocycles. The summed E-state index contributed by atoms with van der Waals surface area (Å²) < 4.78 is 0. The molecule has 22 heteroatoms. The summed E-state index contributed by atoms with van der Waals surface area (Å²) in [7, 11) is 0. The first-order chi connectivity index (χ1) is 32.7. The number of benzene rings is 1. The molecule has 0 radical (unpaired) electrons. The number of carboxylic acids is 1. The zero-order valence-corrected chi connectivity index (χ0v) is 42.7. The maximum Gasteiger partial charge on any atom is 0.326 e. The fraction of sp³-hybridized carbons (Fsp3) is 0.667. The maximum atomic E-state index is 13.8. The van der Waals surface area contributed by atoms with Crippen molar-refractivity contribution in [1.82, 2.24) is 47.9 Å². The highest BCUT2D eigenvalue weighted by Crippen LogP contribution is 2.18. The first-order valence-electron chi connectivity index (χ1n) is 24.2. The smallest absolute Gasteiger partial charge is 0.326 e. The minimum absolute atomic E-state index is 0.0873. The standard InChI is InChI=1S/C48H80N10O12/c1-12-19-32(55-47(70)48(11,49)31-21-17-16-18-22-31)41(63)52-29(9)40(62)50-24-35(60)56-37(27(7)14-3)43(65)51-25-36(61)57-38(28(8)15-4)44(66)54-34(23-26(5)6)42(64)58-39(30(10)59)45(67)53-33(20-13-2)46(68)69/h16-18,21-22,26-30,32-34,37-39,59H,12-15,19-20,23-25,49H2,1-11H3,(H,50,62)(H,51,65)(H,52,63)(H,53,67)(H,54,66)(H,55,70)(H,56,60)(H,57,61)(H,58,64)(H,68,69)/t27-,28-,29-,30+,32+,33-,34-,37-,38-,39-,48+/m0/s1. The minimum atomic E-state index is -1.56. The highest BCUT2D eigenvalue weighted by atomic mass is 16.4. The third-order valence-electron chi connectivity index (χ3n) is 11.9. The van der Waals surface area contributed by atoms with Gasteiger partial charge in [0.2, 0.25) is 53.2 Å². The van der Waals surface area contributed by atoms with Gasteiger partial charge >= 0.3 is 5.97 Å². The molecule has 13 N–H and O–H groups in total. The molecule has 0 aromatic heterocycles. The van der Waals surface area contributed by atoms with Gasteiger partial charge in [-0.15, -0.1) is 0 Å². The van der Waals surface area contributed by atoms with Crippen LogP contribution in [0.25, 0.3) is 0 Å². The van der Waals surface area contributed by atoms with E-state index in [4.69, 9.17) is 5.73 Å². The molecule has 1 aromatic carbocycles. The minimum Gasteiger partial charge on any atom is -0.480 e. The van der Waals surface area contributed by atoms with Crippen LogP contribution in [0.2, 0.25) is 0 Å². The van der Waals surface area contributed by atoms with Gasteiger partial charge in [0.05, 0.1) is 19.2 Å². The van der Waals surface area contributed by atoms with Crippen LogP contribution in [0.5, 0.6) is 0 Å². The van der Waals surface area contributed by atoms with Gasteiger partial charge in [-0.3, -0.25) is 43.2 Å². The van der Waals surface area contributed by atoms with Crippen molar-refractivity contribution in [2.45, 2.75) is 175 Å². The predicted octanol–water partition coefficient (Wildman–Crippen LogP) is -0.290. The van der Waals surface area contributed by atoms with Crippen molar-refractivity contribution in [1.29, 1.82) is 0 Å². The van der Waals surface area contributed by atoms with Gasteiger partial charge in [0.15, 0.2) is 0 Å².